The second kappa shape index (κ2) is 6.07. The minimum atomic E-state index is -0.258. The van der Waals surface area contributed by atoms with E-state index in [1.54, 1.807) is 12.5 Å². The third-order valence-electron chi connectivity index (χ3n) is 3.37. The molecule has 0 saturated carbocycles. The molecule has 1 amide bonds. The number of hydrogen-bond acceptors (Lipinski definition) is 4. The van der Waals surface area contributed by atoms with Crippen LogP contribution in [-0.2, 0) is 13.0 Å². The molecule has 0 bridgehead atoms. The first-order valence-electron chi connectivity index (χ1n) is 7.08. The van der Waals surface area contributed by atoms with Crippen LogP contribution in [0.4, 0.5) is 0 Å². The van der Waals surface area contributed by atoms with Crippen molar-refractivity contribution in [2.75, 3.05) is 0 Å². The highest BCUT2D eigenvalue weighted by Gasteiger charge is 2.28. The third-order valence-corrected chi connectivity index (χ3v) is 3.37. The summed E-state index contributed by atoms with van der Waals surface area (Å²) < 4.78 is 1.95. The Labute approximate surface area is 124 Å². The quantitative estimate of drug-likeness (QED) is 0.871. The molecule has 1 unspecified atom stereocenters. The van der Waals surface area contributed by atoms with E-state index in [1.807, 2.05) is 17.7 Å². The number of carbonyl (C=O) groups is 1. The lowest BCUT2D eigenvalue weighted by Gasteiger charge is -2.31. The monoisotopic (exact) mass is 290 g/mol. The van der Waals surface area contributed by atoms with Gasteiger partial charge in [0, 0.05) is 25.4 Å². The molecule has 7 nitrogen and oxygen atoms in total. The SMILES string of the molecule is CCc1nc(C(=O)NC(Cn2ccnc2)C(C)(C)C)n[nH]1. The lowest BCUT2D eigenvalue weighted by atomic mass is 9.86. The number of hydrogen-bond donors (Lipinski definition) is 2. The first kappa shape index (κ1) is 15.2. The normalized spacial score (nSPS) is 13.1. The van der Waals surface area contributed by atoms with Gasteiger partial charge < -0.3 is 9.88 Å². The average molecular weight is 290 g/mol. The van der Waals surface area contributed by atoms with E-state index in [0.29, 0.717) is 12.4 Å². The minimum Gasteiger partial charge on any atom is -0.344 e. The Morgan fingerprint density at radius 1 is 1.48 bits per heavy atom. The van der Waals surface area contributed by atoms with Crippen LogP contribution in [0.1, 0.15) is 44.1 Å². The number of aryl methyl sites for hydroxylation is 1. The van der Waals surface area contributed by atoms with Crippen molar-refractivity contribution < 1.29 is 4.79 Å². The highest BCUT2D eigenvalue weighted by atomic mass is 16.2. The van der Waals surface area contributed by atoms with Crippen LogP contribution in [0.25, 0.3) is 0 Å². The van der Waals surface area contributed by atoms with Crippen molar-refractivity contribution in [3.05, 3.63) is 30.4 Å². The van der Waals surface area contributed by atoms with Gasteiger partial charge in [0.1, 0.15) is 5.82 Å². The topological polar surface area (TPSA) is 88.5 Å². The molecule has 7 heteroatoms. The number of H-pyrrole nitrogens is 1. The summed E-state index contributed by atoms with van der Waals surface area (Å²) in [5.41, 5.74) is -0.0934. The molecule has 2 aromatic heterocycles. The van der Waals surface area contributed by atoms with E-state index in [2.05, 4.69) is 46.3 Å². The van der Waals surface area contributed by atoms with Crippen molar-refractivity contribution >= 4 is 5.91 Å². The highest BCUT2D eigenvalue weighted by molar-refractivity contribution is 5.90. The van der Waals surface area contributed by atoms with Gasteiger partial charge in [-0.15, -0.1) is 5.10 Å². The van der Waals surface area contributed by atoms with Crippen LogP contribution in [0, 0.1) is 5.41 Å². The summed E-state index contributed by atoms with van der Waals surface area (Å²) in [6.07, 6.45) is 6.07. The molecule has 0 saturated heterocycles. The van der Waals surface area contributed by atoms with Gasteiger partial charge >= 0.3 is 0 Å². The third kappa shape index (κ3) is 3.90. The molecule has 0 aliphatic heterocycles. The van der Waals surface area contributed by atoms with Crippen molar-refractivity contribution in [3.63, 3.8) is 0 Å². The maximum atomic E-state index is 12.3. The van der Waals surface area contributed by atoms with Gasteiger partial charge in [-0.25, -0.2) is 9.97 Å². The van der Waals surface area contributed by atoms with Gasteiger partial charge in [0.2, 0.25) is 5.82 Å². The van der Waals surface area contributed by atoms with Crippen LogP contribution >= 0.6 is 0 Å². The van der Waals surface area contributed by atoms with Gasteiger partial charge in [0.25, 0.3) is 5.91 Å². The van der Waals surface area contributed by atoms with E-state index < -0.39 is 0 Å². The largest absolute Gasteiger partial charge is 0.344 e. The van der Waals surface area contributed by atoms with Gasteiger partial charge in [0.15, 0.2) is 0 Å². The smallest absolute Gasteiger partial charge is 0.291 e. The highest BCUT2D eigenvalue weighted by Crippen LogP contribution is 2.21. The fourth-order valence-corrected chi connectivity index (χ4v) is 1.92. The molecule has 0 radical (unpaired) electrons. The van der Waals surface area contributed by atoms with E-state index in [9.17, 15) is 4.79 Å². The number of imidazole rings is 1. The van der Waals surface area contributed by atoms with Crippen molar-refractivity contribution in [1.29, 1.82) is 0 Å². The standard InChI is InChI=1S/C14H22N6O/c1-5-11-17-12(19-18-11)13(21)16-10(14(2,3)4)8-20-7-6-15-9-20/h6-7,9-10H,5,8H2,1-4H3,(H,16,21)(H,17,18,19). The Morgan fingerprint density at radius 2 is 2.24 bits per heavy atom. The van der Waals surface area contributed by atoms with E-state index in [0.717, 1.165) is 6.42 Å². The van der Waals surface area contributed by atoms with Gasteiger partial charge in [-0.05, 0) is 5.41 Å². The van der Waals surface area contributed by atoms with Crippen molar-refractivity contribution in [3.8, 4) is 0 Å². The second-order valence-corrected chi connectivity index (χ2v) is 6.11. The van der Waals surface area contributed by atoms with Crippen LogP contribution in [0.2, 0.25) is 0 Å². The van der Waals surface area contributed by atoms with Crippen LogP contribution < -0.4 is 5.32 Å². The molecule has 0 aliphatic carbocycles. The fourth-order valence-electron chi connectivity index (χ4n) is 1.92. The van der Waals surface area contributed by atoms with E-state index in [1.165, 1.54) is 0 Å². The number of aromatic amines is 1. The molecule has 2 heterocycles. The van der Waals surface area contributed by atoms with Crippen LogP contribution in [-0.4, -0.2) is 36.7 Å². The maximum absolute atomic E-state index is 12.3. The summed E-state index contributed by atoms with van der Waals surface area (Å²) in [5.74, 6) is 0.639. The fraction of sp³-hybridized carbons (Fsp3) is 0.571. The first-order valence-corrected chi connectivity index (χ1v) is 7.08. The van der Waals surface area contributed by atoms with Gasteiger partial charge in [-0.2, -0.15) is 0 Å². The zero-order valence-corrected chi connectivity index (χ0v) is 12.9. The molecule has 2 N–H and O–H groups in total. The lowest BCUT2D eigenvalue weighted by Crippen LogP contribution is -2.46. The summed E-state index contributed by atoms with van der Waals surface area (Å²) >= 11 is 0. The summed E-state index contributed by atoms with van der Waals surface area (Å²) in [6, 6.07) is -0.0530. The Morgan fingerprint density at radius 3 is 2.76 bits per heavy atom. The zero-order chi connectivity index (χ0) is 15.5. The van der Waals surface area contributed by atoms with Crippen molar-refractivity contribution in [1.82, 2.24) is 30.0 Å². The number of aromatic nitrogens is 5. The summed E-state index contributed by atoms with van der Waals surface area (Å²) in [4.78, 5) is 20.5. The zero-order valence-electron chi connectivity index (χ0n) is 12.9. The molecule has 0 fully saturated rings. The summed E-state index contributed by atoms with van der Waals surface area (Å²) in [7, 11) is 0. The van der Waals surface area contributed by atoms with Crippen LogP contribution in [0.5, 0.6) is 0 Å². The van der Waals surface area contributed by atoms with E-state index in [-0.39, 0.29) is 23.2 Å². The molecular weight excluding hydrogens is 268 g/mol. The molecule has 1 atom stereocenters. The molecule has 2 rings (SSSR count). The molecular formula is C14H22N6O. The summed E-state index contributed by atoms with van der Waals surface area (Å²) in [5, 5.41) is 9.72. The Hall–Kier alpha value is -2.18. The average Bonchev–Trinajstić information content (AvgIpc) is 3.07. The van der Waals surface area contributed by atoms with Crippen molar-refractivity contribution in [2.45, 2.75) is 46.7 Å². The predicted molar refractivity (Wildman–Crippen MR) is 78.7 cm³/mol. The predicted octanol–water partition coefficient (Wildman–Crippen LogP) is 1.41. The number of nitrogens with zero attached hydrogens (tertiary/aromatic N) is 4. The van der Waals surface area contributed by atoms with Gasteiger partial charge in [-0.3, -0.25) is 9.89 Å². The lowest BCUT2D eigenvalue weighted by molar-refractivity contribution is 0.0882. The van der Waals surface area contributed by atoms with Gasteiger partial charge in [0.05, 0.1) is 12.4 Å². The van der Waals surface area contributed by atoms with Crippen LogP contribution in [0.3, 0.4) is 0 Å². The van der Waals surface area contributed by atoms with Crippen LogP contribution in [0.15, 0.2) is 18.7 Å². The Balaban J connectivity index is 2.09. The molecule has 2 aromatic rings. The van der Waals surface area contributed by atoms with E-state index >= 15 is 0 Å². The Kier molecular flexibility index (Phi) is 4.40. The molecule has 21 heavy (non-hydrogen) atoms. The second-order valence-electron chi connectivity index (χ2n) is 6.11. The first-order chi connectivity index (χ1) is 9.90. The molecule has 0 aromatic carbocycles. The number of amides is 1. The minimum absolute atomic E-state index is 0.0530. The summed E-state index contributed by atoms with van der Waals surface area (Å²) in [6.45, 7) is 8.87. The Bertz CT molecular complexity index is 581. The maximum Gasteiger partial charge on any atom is 0.291 e. The van der Waals surface area contributed by atoms with E-state index in [4.69, 9.17) is 0 Å². The molecule has 114 valence electrons. The molecule has 0 aliphatic rings. The number of rotatable bonds is 5. The van der Waals surface area contributed by atoms with Gasteiger partial charge in [-0.1, -0.05) is 27.7 Å². The number of nitrogens with one attached hydrogen (secondary N) is 2. The number of carbonyl (C=O) groups excluding carboxylic acids is 1. The van der Waals surface area contributed by atoms with Crippen molar-refractivity contribution in [2.24, 2.45) is 5.41 Å². The molecule has 0 spiro atoms.